The Hall–Kier alpha value is 0.480. The third kappa shape index (κ3) is 3.93. The normalized spacial score (nSPS) is 18.8. The Balaban J connectivity index is 3.91. The van der Waals surface area contributed by atoms with E-state index in [-0.39, 0.29) is 0 Å². The highest BCUT2D eigenvalue weighted by atomic mass is 79.9. The minimum atomic E-state index is 0.883. The Bertz CT molecular complexity index is 101. The van der Waals surface area contributed by atoms with Gasteiger partial charge in [-0.1, -0.05) is 56.5 Å². The van der Waals surface area contributed by atoms with Crippen molar-refractivity contribution in [3.8, 4) is 0 Å². The fourth-order valence-electron chi connectivity index (χ4n) is 1.82. The average molecular weight is 235 g/mol. The molecule has 0 heterocycles. The second-order valence-electron chi connectivity index (χ2n) is 3.89. The predicted octanol–water partition coefficient (Wildman–Crippen LogP) is 4.48. The van der Waals surface area contributed by atoms with Crippen LogP contribution in [-0.4, -0.2) is 5.33 Å². The van der Waals surface area contributed by atoms with Crippen LogP contribution in [0.2, 0.25) is 0 Å². The summed E-state index contributed by atoms with van der Waals surface area (Å²) in [5.74, 6) is 2.69. The highest BCUT2D eigenvalue weighted by Crippen LogP contribution is 2.28. The van der Waals surface area contributed by atoms with Gasteiger partial charge < -0.3 is 0 Å². The maximum absolute atomic E-state index is 3.53. The molecule has 0 radical (unpaired) electrons. The van der Waals surface area contributed by atoms with Gasteiger partial charge in [0.1, 0.15) is 0 Å². The monoisotopic (exact) mass is 234 g/mol. The van der Waals surface area contributed by atoms with Gasteiger partial charge in [0.2, 0.25) is 0 Å². The van der Waals surface area contributed by atoms with Crippen molar-refractivity contribution in [2.24, 2.45) is 17.8 Å². The Morgan fingerprint density at radius 2 is 1.67 bits per heavy atom. The van der Waals surface area contributed by atoms with Crippen LogP contribution in [0.3, 0.4) is 0 Å². The van der Waals surface area contributed by atoms with E-state index >= 15 is 0 Å². The lowest BCUT2D eigenvalue weighted by Gasteiger charge is -2.26. The Kier molecular flexibility index (Phi) is 7.22. The molecule has 0 N–H and O–H groups in total. The van der Waals surface area contributed by atoms with Crippen molar-refractivity contribution in [2.75, 3.05) is 5.33 Å². The van der Waals surface area contributed by atoms with Crippen LogP contribution in [0.5, 0.6) is 0 Å². The molecule has 0 saturated carbocycles. The van der Waals surface area contributed by atoms with E-state index in [2.05, 4.69) is 43.6 Å². The summed E-state index contributed by atoms with van der Waals surface area (Å²) in [6.07, 6.45) is 3.99. The molecule has 0 fully saturated rings. The van der Waals surface area contributed by atoms with Crippen LogP contribution < -0.4 is 0 Å². The van der Waals surface area contributed by atoms with Gasteiger partial charge in [-0.3, -0.25) is 0 Å². The summed E-state index contributed by atoms with van der Waals surface area (Å²) in [6, 6.07) is 0. The van der Waals surface area contributed by atoms with Gasteiger partial charge >= 0.3 is 0 Å². The van der Waals surface area contributed by atoms with Gasteiger partial charge in [0, 0.05) is 5.33 Å². The van der Waals surface area contributed by atoms with E-state index in [4.69, 9.17) is 0 Å². The van der Waals surface area contributed by atoms with Crippen LogP contribution >= 0.6 is 15.9 Å². The summed E-state index contributed by atoms with van der Waals surface area (Å²) in [7, 11) is 0. The summed E-state index contributed by atoms with van der Waals surface area (Å²) < 4.78 is 0. The molecule has 12 heavy (non-hydrogen) atoms. The van der Waals surface area contributed by atoms with E-state index in [1.165, 1.54) is 19.3 Å². The second-order valence-corrected chi connectivity index (χ2v) is 4.68. The van der Waals surface area contributed by atoms with Crippen molar-refractivity contribution in [3.63, 3.8) is 0 Å². The summed E-state index contributed by atoms with van der Waals surface area (Å²) >= 11 is 3.53. The molecule has 0 unspecified atom stereocenters. The zero-order valence-electron chi connectivity index (χ0n) is 8.94. The molecule has 0 aromatic carbocycles. The molecule has 0 aliphatic rings. The molecular weight excluding hydrogens is 212 g/mol. The fraction of sp³-hybridized carbons (Fsp3) is 1.00. The topological polar surface area (TPSA) is 0 Å². The van der Waals surface area contributed by atoms with Crippen molar-refractivity contribution < 1.29 is 0 Å². The molecule has 1 heteroatoms. The second kappa shape index (κ2) is 6.94. The van der Waals surface area contributed by atoms with Crippen LogP contribution in [0, 0.1) is 17.8 Å². The van der Waals surface area contributed by atoms with Crippen molar-refractivity contribution in [1.29, 1.82) is 0 Å². The van der Waals surface area contributed by atoms with Crippen LogP contribution in [0.15, 0.2) is 0 Å². The number of rotatable bonds is 6. The highest BCUT2D eigenvalue weighted by molar-refractivity contribution is 9.09. The van der Waals surface area contributed by atoms with E-state index in [9.17, 15) is 0 Å². The molecule has 0 aromatic rings. The lowest BCUT2D eigenvalue weighted by molar-refractivity contribution is 0.244. The lowest BCUT2D eigenvalue weighted by atomic mass is 9.80. The Labute approximate surface area is 86.3 Å². The minimum absolute atomic E-state index is 0.883. The van der Waals surface area contributed by atoms with Crippen molar-refractivity contribution in [2.45, 2.75) is 47.0 Å². The van der Waals surface area contributed by atoms with E-state index in [0.29, 0.717) is 0 Å². The average Bonchev–Trinajstić information content (AvgIpc) is 2.11. The molecule has 0 saturated heterocycles. The van der Waals surface area contributed by atoms with Crippen molar-refractivity contribution >= 4 is 15.9 Å². The third-order valence-corrected chi connectivity index (χ3v) is 3.75. The first-order chi connectivity index (χ1) is 5.67. The molecule has 0 bridgehead atoms. The van der Waals surface area contributed by atoms with E-state index in [0.717, 1.165) is 23.1 Å². The molecule has 0 aromatic heterocycles. The van der Waals surface area contributed by atoms with Gasteiger partial charge in [0.15, 0.2) is 0 Å². The van der Waals surface area contributed by atoms with Crippen LogP contribution in [0.4, 0.5) is 0 Å². The Morgan fingerprint density at radius 3 is 2.00 bits per heavy atom. The highest BCUT2D eigenvalue weighted by Gasteiger charge is 2.19. The maximum Gasteiger partial charge on any atom is 0.00340 e. The summed E-state index contributed by atoms with van der Waals surface area (Å²) in [5.41, 5.74) is 0. The molecular formula is C11H23Br. The standard InChI is InChI=1S/C11H23Br/c1-5-9(3)10(4)11(6-2)7-8-12/h9-11H,5-8H2,1-4H3/t9-,10+,11-/m1/s1. The quantitative estimate of drug-likeness (QED) is 0.595. The smallest absolute Gasteiger partial charge is 0.00340 e. The number of halogens is 1. The summed E-state index contributed by atoms with van der Waals surface area (Å²) in [4.78, 5) is 0. The fourth-order valence-corrected chi connectivity index (χ4v) is 2.40. The van der Waals surface area contributed by atoms with Crippen LogP contribution in [-0.2, 0) is 0 Å². The van der Waals surface area contributed by atoms with Crippen LogP contribution in [0.1, 0.15) is 47.0 Å². The molecule has 74 valence electrons. The molecule has 0 amide bonds. The van der Waals surface area contributed by atoms with Crippen molar-refractivity contribution in [1.82, 2.24) is 0 Å². The zero-order chi connectivity index (χ0) is 9.56. The maximum atomic E-state index is 3.53. The number of hydrogen-bond acceptors (Lipinski definition) is 0. The Morgan fingerprint density at radius 1 is 1.08 bits per heavy atom. The number of alkyl halides is 1. The minimum Gasteiger partial charge on any atom is -0.0928 e. The number of hydrogen-bond donors (Lipinski definition) is 0. The van der Waals surface area contributed by atoms with Gasteiger partial charge in [-0.25, -0.2) is 0 Å². The van der Waals surface area contributed by atoms with Gasteiger partial charge in [0.25, 0.3) is 0 Å². The largest absolute Gasteiger partial charge is 0.0928 e. The SMILES string of the molecule is CC[C@H](CCBr)[C@@H](C)[C@H](C)CC. The third-order valence-electron chi connectivity index (χ3n) is 3.29. The molecule has 0 spiro atoms. The summed E-state index contributed by atoms with van der Waals surface area (Å²) in [6.45, 7) is 9.39. The molecule has 3 atom stereocenters. The van der Waals surface area contributed by atoms with Gasteiger partial charge in [-0.05, 0) is 24.2 Å². The molecule has 0 aliphatic carbocycles. The van der Waals surface area contributed by atoms with Gasteiger partial charge in [-0.15, -0.1) is 0 Å². The molecule has 0 rings (SSSR count). The lowest BCUT2D eigenvalue weighted by Crippen LogP contribution is -2.18. The van der Waals surface area contributed by atoms with E-state index in [1.807, 2.05) is 0 Å². The van der Waals surface area contributed by atoms with E-state index in [1.54, 1.807) is 0 Å². The first-order valence-corrected chi connectivity index (χ1v) is 6.35. The predicted molar refractivity (Wildman–Crippen MR) is 60.8 cm³/mol. The van der Waals surface area contributed by atoms with Crippen molar-refractivity contribution in [3.05, 3.63) is 0 Å². The zero-order valence-corrected chi connectivity index (χ0v) is 10.5. The first-order valence-electron chi connectivity index (χ1n) is 5.23. The van der Waals surface area contributed by atoms with Gasteiger partial charge in [0.05, 0.1) is 0 Å². The van der Waals surface area contributed by atoms with Gasteiger partial charge in [-0.2, -0.15) is 0 Å². The molecule has 0 aliphatic heterocycles. The first kappa shape index (κ1) is 12.5. The van der Waals surface area contributed by atoms with E-state index < -0.39 is 0 Å². The molecule has 0 nitrogen and oxygen atoms in total. The summed E-state index contributed by atoms with van der Waals surface area (Å²) in [5, 5.41) is 1.16. The van der Waals surface area contributed by atoms with Crippen LogP contribution in [0.25, 0.3) is 0 Å².